The molecule has 0 unspecified atom stereocenters. The van der Waals surface area contributed by atoms with E-state index in [0.717, 1.165) is 17.0 Å². The number of halogens is 1. The van der Waals surface area contributed by atoms with E-state index in [1.54, 1.807) is 13.2 Å². The molecule has 2 N–H and O–H groups in total. The zero-order valence-electron chi connectivity index (χ0n) is 10.4. The highest BCUT2D eigenvalue weighted by Crippen LogP contribution is 2.21. The van der Waals surface area contributed by atoms with Crippen LogP contribution in [0.25, 0.3) is 0 Å². The van der Waals surface area contributed by atoms with Gasteiger partial charge < -0.3 is 15.2 Å². The van der Waals surface area contributed by atoms with Gasteiger partial charge in [-0.3, -0.25) is 0 Å². The van der Waals surface area contributed by atoms with Crippen LogP contribution in [0.5, 0.6) is 0 Å². The van der Waals surface area contributed by atoms with Crippen LogP contribution in [0.3, 0.4) is 0 Å². The summed E-state index contributed by atoms with van der Waals surface area (Å²) in [5, 5.41) is 10.4. The van der Waals surface area contributed by atoms with E-state index in [1.807, 2.05) is 13.8 Å². The molecule has 2 rings (SSSR count). The zero-order chi connectivity index (χ0) is 13.1. The monoisotopic (exact) mass is 267 g/mol. The highest BCUT2D eigenvalue weighted by Gasteiger charge is 2.10. The summed E-state index contributed by atoms with van der Waals surface area (Å²) in [7, 11) is 1.75. The Balaban J connectivity index is 2.15. The van der Waals surface area contributed by atoms with Crippen LogP contribution >= 0.6 is 11.6 Å². The van der Waals surface area contributed by atoms with E-state index in [1.165, 1.54) is 0 Å². The molecule has 0 aromatic carbocycles. The van der Waals surface area contributed by atoms with Gasteiger partial charge in [0, 0.05) is 19.2 Å². The molecule has 0 spiro atoms. The lowest BCUT2D eigenvalue weighted by Gasteiger charge is -2.08. The average Bonchev–Trinajstić information content (AvgIpc) is 2.68. The van der Waals surface area contributed by atoms with Crippen molar-refractivity contribution in [2.24, 2.45) is 0 Å². The molecule has 0 aliphatic rings. The molecule has 0 atom stereocenters. The molecule has 0 aliphatic carbocycles. The third-order valence-corrected chi connectivity index (χ3v) is 2.86. The van der Waals surface area contributed by atoms with Gasteiger partial charge >= 0.3 is 0 Å². The van der Waals surface area contributed by atoms with Crippen molar-refractivity contribution in [3.8, 4) is 0 Å². The van der Waals surface area contributed by atoms with Gasteiger partial charge in [-0.05, 0) is 13.8 Å². The van der Waals surface area contributed by atoms with E-state index in [2.05, 4.69) is 25.8 Å². The Hall–Kier alpha value is -1.82. The SMILES string of the molecule is CNc1ncc(Cl)c(NCc2c(C)noc2C)n1. The van der Waals surface area contributed by atoms with Crippen LogP contribution in [0.4, 0.5) is 11.8 Å². The van der Waals surface area contributed by atoms with Crippen molar-refractivity contribution in [2.45, 2.75) is 20.4 Å². The van der Waals surface area contributed by atoms with Crippen molar-refractivity contribution in [1.29, 1.82) is 0 Å². The van der Waals surface area contributed by atoms with E-state index < -0.39 is 0 Å². The molecular formula is C11H14ClN5O. The van der Waals surface area contributed by atoms with Gasteiger partial charge in [0.25, 0.3) is 0 Å². The minimum absolute atomic E-state index is 0.473. The predicted molar refractivity (Wildman–Crippen MR) is 69.9 cm³/mol. The molecular weight excluding hydrogens is 254 g/mol. The van der Waals surface area contributed by atoms with Crippen molar-refractivity contribution >= 4 is 23.4 Å². The van der Waals surface area contributed by atoms with Crippen LogP contribution in [0.1, 0.15) is 17.0 Å². The number of aryl methyl sites for hydroxylation is 2. The number of hydrogen-bond donors (Lipinski definition) is 2. The lowest BCUT2D eigenvalue weighted by Crippen LogP contribution is -2.06. The minimum atomic E-state index is 0.473. The lowest BCUT2D eigenvalue weighted by molar-refractivity contribution is 0.392. The number of nitrogens with one attached hydrogen (secondary N) is 2. The largest absolute Gasteiger partial charge is 0.364 e. The fourth-order valence-electron chi connectivity index (χ4n) is 1.54. The first kappa shape index (κ1) is 12.6. The Morgan fingerprint density at radius 3 is 2.78 bits per heavy atom. The van der Waals surface area contributed by atoms with Gasteiger partial charge in [0.15, 0.2) is 5.82 Å². The van der Waals surface area contributed by atoms with Crippen molar-refractivity contribution in [3.63, 3.8) is 0 Å². The highest BCUT2D eigenvalue weighted by molar-refractivity contribution is 6.32. The Kier molecular flexibility index (Phi) is 3.66. The third-order valence-electron chi connectivity index (χ3n) is 2.58. The fraction of sp³-hybridized carbons (Fsp3) is 0.364. The molecule has 96 valence electrons. The molecule has 0 saturated carbocycles. The molecule has 0 amide bonds. The maximum atomic E-state index is 6.02. The van der Waals surface area contributed by atoms with E-state index in [0.29, 0.717) is 23.3 Å². The van der Waals surface area contributed by atoms with Gasteiger partial charge in [-0.2, -0.15) is 4.98 Å². The van der Waals surface area contributed by atoms with Crippen molar-refractivity contribution in [2.75, 3.05) is 17.7 Å². The standard InChI is InChI=1S/C11H14ClN5O/c1-6-8(7(2)18-17-6)4-14-10-9(12)5-15-11(13-3)16-10/h5H,4H2,1-3H3,(H2,13,14,15,16). The molecule has 2 aromatic heterocycles. The average molecular weight is 268 g/mol. The summed E-state index contributed by atoms with van der Waals surface area (Å²) < 4.78 is 5.09. The number of rotatable bonds is 4. The van der Waals surface area contributed by atoms with E-state index in [-0.39, 0.29) is 0 Å². The maximum absolute atomic E-state index is 6.02. The fourth-order valence-corrected chi connectivity index (χ4v) is 1.70. The summed E-state index contributed by atoms with van der Waals surface area (Å²) in [5.41, 5.74) is 1.87. The highest BCUT2D eigenvalue weighted by atomic mass is 35.5. The van der Waals surface area contributed by atoms with Gasteiger partial charge in [0.05, 0.1) is 11.9 Å². The summed E-state index contributed by atoms with van der Waals surface area (Å²) in [6.45, 7) is 4.33. The zero-order valence-corrected chi connectivity index (χ0v) is 11.2. The number of anilines is 2. The third kappa shape index (κ3) is 2.53. The molecule has 2 aromatic rings. The number of aromatic nitrogens is 3. The van der Waals surface area contributed by atoms with Crippen LogP contribution in [0.15, 0.2) is 10.7 Å². The van der Waals surface area contributed by atoms with Gasteiger partial charge in [-0.25, -0.2) is 4.98 Å². The van der Waals surface area contributed by atoms with Crippen LogP contribution in [-0.4, -0.2) is 22.2 Å². The topological polar surface area (TPSA) is 75.9 Å². The minimum Gasteiger partial charge on any atom is -0.364 e. The normalized spacial score (nSPS) is 10.4. The van der Waals surface area contributed by atoms with Crippen LogP contribution < -0.4 is 10.6 Å². The predicted octanol–water partition coefficient (Wildman–Crippen LogP) is 2.39. The van der Waals surface area contributed by atoms with Gasteiger partial charge in [-0.1, -0.05) is 16.8 Å². The molecule has 0 radical (unpaired) electrons. The van der Waals surface area contributed by atoms with Gasteiger partial charge in [0.2, 0.25) is 5.95 Å². The van der Waals surface area contributed by atoms with Crippen molar-refractivity contribution in [3.05, 3.63) is 28.2 Å². The van der Waals surface area contributed by atoms with Crippen molar-refractivity contribution in [1.82, 2.24) is 15.1 Å². The number of nitrogens with zero attached hydrogens (tertiary/aromatic N) is 3. The summed E-state index contributed by atoms with van der Waals surface area (Å²) in [6, 6.07) is 0. The van der Waals surface area contributed by atoms with E-state index >= 15 is 0 Å². The Bertz CT molecular complexity index is 535. The Morgan fingerprint density at radius 2 is 2.17 bits per heavy atom. The Labute approximate surface area is 110 Å². The molecule has 7 heteroatoms. The summed E-state index contributed by atoms with van der Waals surface area (Å²) in [6.07, 6.45) is 1.55. The smallest absolute Gasteiger partial charge is 0.224 e. The molecule has 18 heavy (non-hydrogen) atoms. The van der Waals surface area contributed by atoms with Gasteiger partial charge in [0.1, 0.15) is 10.8 Å². The lowest BCUT2D eigenvalue weighted by atomic mass is 10.2. The second-order valence-electron chi connectivity index (χ2n) is 3.80. The second kappa shape index (κ2) is 5.22. The van der Waals surface area contributed by atoms with Crippen molar-refractivity contribution < 1.29 is 4.52 Å². The number of hydrogen-bond acceptors (Lipinski definition) is 6. The van der Waals surface area contributed by atoms with Crippen LogP contribution in [0, 0.1) is 13.8 Å². The van der Waals surface area contributed by atoms with Crippen LogP contribution in [-0.2, 0) is 6.54 Å². The molecule has 0 fully saturated rings. The maximum Gasteiger partial charge on any atom is 0.224 e. The first-order valence-corrected chi connectivity index (χ1v) is 5.85. The first-order chi connectivity index (χ1) is 8.61. The molecule has 0 bridgehead atoms. The first-order valence-electron chi connectivity index (χ1n) is 5.47. The molecule has 0 saturated heterocycles. The molecule has 2 heterocycles. The molecule has 0 aliphatic heterocycles. The summed E-state index contributed by atoms with van der Waals surface area (Å²) in [4.78, 5) is 8.25. The molecule has 6 nitrogen and oxygen atoms in total. The quantitative estimate of drug-likeness (QED) is 0.886. The second-order valence-corrected chi connectivity index (χ2v) is 4.20. The van der Waals surface area contributed by atoms with Crippen LogP contribution in [0.2, 0.25) is 5.02 Å². The van der Waals surface area contributed by atoms with E-state index in [9.17, 15) is 0 Å². The van der Waals surface area contributed by atoms with E-state index in [4.69, 9.17) is 16.1 Å². The Morgan fingerprint density at radius 1 is 1.39 bits per heavy atom. The summed E-state index contributed by atoms with van der Waals surface area (Å²) in [5.74, 6) is 1.88. The van der Waals surface area contributed by atoms with Gasteiger partial charge in [-0.15, -0.1) is 0 Å². The summed E-state index contributed by atoms with van der Waals surface area (Å²) >= 11 is 6.02.